The van der Waals surface area contributed by atoms with E-state index in [1.165, 1.54) is 23.3 Å². The highest BCUT2D eigenvalue weighted by Crippen LogP contribution is 2.42. The number of benzene rings is 2. The lowest BCUT2D eigenvalue weighted by Gasteiger charge is -2.22. The van der Waals surface area contributed by atoms with Crippen molar-refractivity contribution in [3.05, 3.63) is 79.6 Å². The van der Waals surface area contributed by atoms with Gasteiger partial charge in [0, 0.05) is 11.1 Å². The molecule has 0 saturated heterocycles. The number of amides is 1. The molecule has 2 aromatic heterocycles. The topological polar surface area (TPSA) is 85.5 Å². The third kappa shape index (κ3) is 2.79. The average molecular weight is 440 g/mol. The molecule has 0 aliphatic carbocycles. The minimum absolute atomic E-state index is 0.0152. The molecule has 0 N–H and O–H groups in total. The zero-order valence-electron chi connectivity index (χ0n) is 15.9. The highest BCUT2D eigenvalue weighted by Gasteiger charge is 2.45. The van der Waals surface area contributed by atoms with Crippen LogP contribution in [0.5, 0.6) is 5.75 Å². The maximum Gasteiger partial charge on any atom is 0.297 e. The van der Waals surface area contributed by atoms with Gasteiger partial charge in [0.05, 0.1) is 24.1 Å². The Balaban J connectivity index is 1.82. The number of rotatable bonds is 3. The van der Waals surface area contributed by atoms with E-state index in [0.717, 1.165) is 0 Å². The van der Waals surface area contributed by atoms with Crippen LogP contribution in [0.15, 0.2) is 51.7 Å². The van der Waals surface area contributed by atoms with Gasteiger partial charge in [-0.25, -0.2) is 0 Å². The quantitative estimate of drug-likeness (QED) is 0.471. The molecule has 1 aliphatic heterocycles. The lowest BCUT2D eigenvalue weighted by Crippen LogP contribution is -2.29. The minimum Gasteiger partial charge on any atom is -0.497 e. The van der Waals surface area contributed by atoms with Crippen LogP contribution in [0.2, 0.25) is 5.02 Å². The van der Waals surface area contributed by atoms with Crippen LogP contribution < -0.4 is 15.1 Å². The first-order valence-electron chi connectivity index (χ1n) is 9.02. The molecular weight excluding hydrogens is 426 g/mol. The summed E-state index contributed by atoms with van der Waals surface area (Å²) in [5, 5.41) is 10.1. The van der Waals surface area contributed by atoms with E-state index in [1.54, 1.807) is 43.3 Å². The van der Waals surface area contributed by atoms with E-state index in [9.17, 15) is 9.59 Å². The van der Waals surface area contributed by atoms with Crippen molar-refractivity contribution < 1.29 is 13.9 Å². The van der Waals surface area contributed by atoms with Crippen molar-refractivity contribution in [3.8, 4) is 5.75 Å². The molecule has 0 fully saturated rings. The van der Waals surface area contributed by atoms with Crippen molar-refractivity contribution in [2.75, 3.05) is 12.0 Å². The lowest BCUT2D eigenvalue weighted by molar-refractivity contribution is 0.0970. The maximum atomic E-state index is 13.5. The van der Waals surface area contributed by atoms with Gasteiger partial charge < -0.3 is 9.15 Å². The normalized spacial score (nSPS) is 15.6. The van der Waals surface area contributed by atoms with Crippen LogP contribution in [0.1, 0.15) is 32.7 Å². The summed E-state index contributed by atoms with van der Waals surface area (Å²) in [6, 6.07) is 11.2. The number of anilines is 1. The first-order valence-corrected chi connectivity index (χ1v) is 10.2. The van der Waals surface area contributed by atoms with E-state index in [2.05, 4.69) is 10.2 Å². The van der Waals surface area contributed by atoms with Crippen molar-refractivity contribution >= 4 is 44.9 Å². The number of halogens is 1. The van der Waals surface area contributed by atoms with Gasteiger partial charge in [-0.1, -0.05) is 35.1 Å². The van der Waals surface area contributed by atoms with Crippen LogP contribution in [0.25, 0.3) is 11.0 Å². The Morgan fingerprint density at radius 1 is 1.17 bits per heavy atom. The lowest BCUT2D eigenvalue weighted by atomic mass is 9.99. The number of aryl methyl sites for hydroxylation is 1. The van der Waals surface area contributed by atoms with Gasteiger partial charge in [0.25, 0.3) is 5.91 Å². The number of aromatic nitrogens is 2. The summed E-state index contributed by atoms with van der Waals surface area (Å²) in [5.41, 5.74) is 0.943. The Morgan fingerprint density at radius 2 is 2.00 bits per heavy atom. The first kappa shape index (κ1) is 18.8. The Hall–Kier alpha value is -3.23. The van der Waals surface area contributed by atoms with Crippen LogP contribution >= 0.6 is 22.9 Å². The van der Waals surface area contributed by atoms with E-state index >= 15 is 0 Å². The Kier molecular flexibility index (Phi) is 4.34. The van der Waals surface area contributed by atoms with Crippen molar-refractivity contribution in [2.45, 2.75) is 13.0 Å². The predicted molar refractivity (Wildman–Crippen MR) is 114 cm³/mol. The maximum absolute atomic E-state index is 13.5. The molecule has 0 saturated carbocycles. The second-order valence-electron chi connectivity index (χ2n) is 6.77. The number of ether oxygens (including phenoxy) is 1. The number of carbonyl (C=O) groups excluding carboxylic acids is 1. The van der Waals surface area contributed by atoms with Crippen LogP contribution in [-0.4, -0.2) is 23.2 Å². The van der Waals surface area contributed by atoms with Crippen molar-refractivity contribution in [3.63, 3.8) is 0 Å². The molecule has 7 nitrogen and oxygen atoms in total. The summed E-state index contributed by atoms with van der Waals surface area (Å²) in [6.07, 6.45) is 0. The summed E-state index contributed by atoms with van der Waals surface area (Å²) in [5.74, 6) is 0.0607. The zero-order chi connectivity index (χ0) is 21.0. The summed E-state index contributed by atoms with van der Waals surface area (Å²) in [6.45, 7) is 1.80. The summed E-state index contributed by atoms with van der Waals surface area (Å²) in [7, 11) is 1.52. The molecule has 30 heavy (non-hydrogen) atoms. The predicted octanol–water partition coefficient (Wildman–Crippen LogP) is 4.36. The Morgan fingerprint density at radius 3 is 2.70 bits per heavy atom. The molecule has 0 radical (unpaired) electrons. The Labute approximate surface area is 179 Å². The third-order valence-electron chi connectivity index (χ3n) is 4.97. The molecule has 0 spiro atoms. The fraction of sp³-hybridized carbons (Fsp3) is 0.143. The van der Waals surface area contributed by atoms with Gasteiger partial charge in [-0.3, -0.25) is 14.5 Å². The number of hydrogen-bond acceptors (Lipinski definition) is 7. The minimum atomic E-state index is -0.721. The van der Waals surface area contributed by atoms with Gasteiger partial charge >= 0.3 is 0 Å². The molecule has 1 atom stereocenters. The van der Waals surface area contributed by atoms with Gasteiger partial charge in [-0.2, -0.15) is 0 Å². The van der Waals surface area contributed by atoms with E-state index in [-0.39, 0.29) is 22.3 Å². The number of hydrogen-bond donors (Lipinski definition) is 0. The molecule has 1 aliphatic rings. The second-order valence-corrected chi connectivity index (χ2v) is 8.37. The van der Waals surface area contributed by atoms with Gasteiger partial charge in [0.1, 0.15) is 16.3 Å². The molecular formula is C21H14ClN3O4S. The number of methoxy groups -OCH3 is 1. The number of fused-ring (bicyclic) bond motifs is 2. The van der Waals surface area contributed by atoms with Gasteiger partial charge in [-0.05, 0) is 36.8 Å². The molecule has 1 unspecified atom stereocenters. The molecule has 2 aromatic carbocycles. The van der Waals surface area contributed by atoms with Crippen molar-refractivity contribution in [1.82, 2.24) is 10.2 Å². The molecule has 5 rings (SSSR count). The summed E-state index contributed by atoms with van der Waals surface area (Å²) >= 11 is 7.47. The zero-order valence-corrected chi connectivity index (χ0v) is 17.5. The van der Waals surface area contributed by atoms with Gasteiger partial charge in [0.2, 0.25) is 10.9 Å². The molecule has 4 aromatic rings. The second kappa shape index (κ2) is 6.93. The smallest absolute Gasteiger partial charge is 0.297 e. The Bertz CT molecular complexity index is 1380. The van der Waals surface area contributed by atoms with E-state index in [0.29, 0.717) is 31.9 Å². The number of carbonyl (C=O) groups is 1. The average Bonchev–Trinajstić information content (AvgIpc) is 3.29. The summed E-state index contributed by atoms with van der Waals surface area (Å²) < 4.78 is 11.1. The third-order valence-corrected chi connectivity index (χ3v) is 6.04. The molecule has 1 amide bonds. The van der Waals surface area contributed by atoms with Crippen molar-refractivity contribution in [1.29, 1.82) is 0 Å². The van der Waals surface area contributed by atoms with Gasteiger partial charge in [0.15, 0.2) is 5.43 Å². The fourth-order valence-electron chi connectivity index (χ4n) is 3.65. The van der Waals surface area contributed by atoms with E-state index in [4.69, 9.17) is 20.8 Å². The standard InChI is InChI=1S/C21H14ClN3O4S/c1-10-23-24-21(30-10)25-17(11-4-3-5-12(22)8-11)16-18(26)14-7-6-13(28-2)9-15(14)29-19(16)20(25)27/h3-9,17H,1-2H3. The number of nitrogens with zero attached hydrogens (tertiary/aromatic N) is 3. The van der Waals surface area contributed by atoms with Crippen LogP contribution in [-0.2, 0) is 0 Å². The summed E-state index contributed by atoms with van der Waals surface area (Å²) in [4.78, 5) is 28.3. The van der Waals surface area contributed by atoms with E-state index < -0.39 is 11.9 Å². The van der Waals surface area contributed by atoms with E-state index in [1.807, 2.05) is 6.07 Å². The molecule has 0 bridgehead atoms. The van der Waals surface area contributed by atoms with Crippen molar-refractivity contribution in [2.24, 2.45) is 0 Å². The SMILES string of the molecule is COc1ccc2c(=O)c3c(oc2c1)C(=O)N(c1nnc(C)s1)C3c1cccc(Cl)c1. The first-order chi connectivity index (χ1) is 14.5. The van der Waals surface area contributed by atoms with Crippen LogP contribution in [0.3, 0.4) is 0 Å². The van der Waals surface area contributed by atoms with Crippen LogP contribution in [0.4, 0.5) is 5.13 Å². The highest BCUT2D eigenvalue weighted by atomic mass is 35.5. The monoisotopic (exact) mass is 439 g/mol. The highest BCUT2D eigenvalue weighted by molar-refractivity contribution is 7.15. The largest absolute Gasteiger partial charge is 0.497 e. The molecule has 150 valence electrons. The molecule has 3 heterocycles. The van der Waals surface area contributed by atoms with Gasteiger partial charge in [-0.15, -0.1) is 10.2 Å². The fourth-order valence-corrected chi connectivity index (χ4v) is 4.56. The molecule has 9 heteroatoms. The van der Waals surface area contributed by atoms with Crippen LogP contribution in [0, 0.1) is 6.92 Å².